The van der Waals surface area contributed by atoms with Gasteiger partial charge < -0.3 is 5.32 Å². The van der Waals surface area contributed by atoms with Gasteiger partial charge in [0.25, 0.3) is 0 Å². The number of hydrogen-bond acceptors (Lipinski definition) is 1. The maximum absolute atomic E-state index is 3.37. The Bertz CT molecular complexity index is 186. The van der Waals surface area contributed by atoms with Crippen LogP contribution in [-0.2, 0) is 0 Å². The monoisotopic (exact) mass is 211 g/mol. The lowest BCUT2D eigenvalue weighted by Crippen LogP contribution is -2.28. The highest BCUT2D eigenvalue weighted by atomic mass is 14.9. The molecule has 0 rings (SSSR count). The Labute approximate surface area is 96.3 Å². The van der Waals surface area contributed by atoms with Crippen LogP contribution in [0.5, 0.6) is 0 Å². The van der Waals surface area contributed by atoms with Gasteiger partial charge in [-0.15, -0.1) is 0 Å². The second-order valence-corrected chi connectivity index (χ2v) is 6.15. The molecule has 1 unspecified atom stereocenters. The third kappa shape index (κ3) is 7.61. The summed E-state index contributed by atoms with van der Waals surface area (Å²) >= 11 is 0. The molecule has 1 N–H and O–H groups in total. The zero-order chi connectivity index (χ0) is 12.1. The molecule has 0 heterocycles. The molecule has 0 aromatic heterocycles. The van der Waals surface area contributed by atoms with Crippen LogP contribution in [0.2, 0.25) is 0 Å². The number of nitrogens with one attached hydrogen (secondary N) is 1. The second kappa shape index (κ2) is 6.32. The number of rotatable bonds is 5. The molecule has 0 radical (unpaired) electrons. The summed E-state index contributed by atoms with van der Waals surface area (Å²) in [6.07, 6.45) is 5.86. The molecule has 0 fully saturated rings. The van der Waals surface area contributed by atoms with Gasteiger partial charge in [0.05, 0.1) is 0 Å². The summed E-state index contributed by atoms with van der Waals surface area (Å²) in [6, 6.07) is 0.506. The minimum absolute atomic E-state index is 0.388. The minimum atomic E-state index is 0.388. The van der Waals surface area contributed by atoms with E-state index in [1.165, 1.54) is 6.42 Å². The highest BCUT2D eigenvalue weighted by Gasteiger charge is 2.15. The van der Waals surface area contributed by atoms with E-state index in [1.54, 1.807) is 0 Å². The van der Waals surface area contributed by atoms with Gasteiger partial charge in [-0.2, -0.15) is 0 Å². The van der Waals surface area contributed by atoms with E-state index in [-0.39, 0.29) is 0 Å². The first kappa shape index (κ1) is 14.7. The van der Waals surface area contributed by atoms with Crippen LogP contribution in [0.25, 0.3) is 0 Å². The third-order valence-corrected chi connectivity index (χ3v) is 2.90. The van der Waals surface area contributed by atoms with Gasteiger partial charge in [-0.25, -0.2) is 0 Å². The van der Waals surface area contributed by atoms with Crippen LogP contribution in [0.4, 0.5) is 0 Å². The number of likely N-dealkylation sites (N-methyl/N-ethyl adjacent to an activating group) is 1. The van der Waals surface area contributed by atoms with Crippen molar-refractivity contribution in [1.82, 2.24) is 5.32 Å². The Balaban J connectivity index is 4.21. The van der Waals surface area contributed by atoms with E-state index >= 15 is 0 Å². The van der Waals surface area contributed by atoms with Crippen LogP contribution in [0.15, 0.2) is 12.2 Å². The molecular weight excluding hydrogens is 182 g/mol. The van der Waals surface area contributed by atoms with Gasteiger partial charge in [0.2, 0.25) is 0 Å². The SMILES string of the molecule is CN[C@@H](/C=C\C(C)C(C)C)CC(C)(C)C. The highest BCUT2D eigenvalue weighted by Crippen LogP contribution is 2.21. The summed E-state index contributed by atoms with van der Waals surface area (Å²) in [6.45, 7) is 13.7. The molecule has 90 valence electrons. The molecule has 2 atom stereocenters. The standard InChI is InChI=1S/C14H29N/c1-11(2)12(3)8-9-13(15-7)10-14(4,5)6/h8-9,11-13,15H,10H2,1-7H3/b9-8-/t12?,13-/m0/s1. The molecule has 0 saturated carbocycles. The Hall–Kier alpha value is -0.300. The molecule has 0 saturated heterocycles. The first-order chi connectivity index (χ1) is 6.76. The molecule has 0 amide bonds. The molecule has 0 aliphatic rings. The van der Waals surface area contributed by atoms with Crippen molar-refractivity contribution in [2.75, 3.05) is 7.05 Å². The minimum Gasteiger partial charge on any atom is -0.314 e. The van der Waals surface area contributed by atoms with Gasteiger partial charge >= 0.3 is 0 Å². The van der Waals surface area contributed by atoms with Crippen molar-refractivity contribution in [1.29, 1.82) is 0 Å². The topological polar surface area (TPSA) is 12.0 Å². The van der Waals surface area contributed by atoms with Gasteiger partial charge in [0.1, 0.15) is 0 Å². The van der Waals surface area contributed by atoms with Crippen LogP contribution in [0.3, 0.4) is 0 Å². The molecule has 1 heteroatoms. The van der Waals surface area contributed by atoms with Gasteiger partial charge in [0, 0.05) is 6.04 Å². The van der Waals surface area contributed by atoms with Crippen molar-refractivity contribution in [3.8, 4) is 0 Å². The second-order valence-electron chi connectivity index (χ2n) is 6.15. The Morgan fingerprint density at radius 2 is 1.60 bits per heavy atom. The summed E-state index contributed by atoms with van der Waals surface area (Å²) in [5, 5.41) is 3.37. The first-order valence-electron chi connectivity index (χ1n) is 6.12. The predicted octanol–water partition coefficient (Wildman–Crippen LogP) is 3.86. The fourth-order valence-electron chi connectivity index (χ4n) is 1.46. The quantitative estimate of drug-likeness (QED) is 0.681. The predicted molar refractivity (Wildman–Crippen MR) is 70.1 cm³/mol. The maximum Gasteiger partial charge on any atom is 0.0252 e. The Morgan fingerprint density at radius 1 is 1.07 bits per heavy atom. The van der Waals surface area contributed by atoms with Crippen molar-refractivity contribution in [2.45, 2.75) is 54.0 Å². The van der Waals surface area contributed by atoms with Gasteiger partial charge in [-0.05, 0) is 30.7 Å². The van der Waals surface area contributed by atoms with Gasteiger partial charge in [-0.1, -0.05) is 53.7 Å². The molecule has 0 aliphatic carbocycles. The largest absolute Gasteiger partial charge is 0.314 e. The van der Waals surface area contributed by atoms with Crippen LogP contribution in [0, 0.1) is 17.3 Å². The average Bonchev–Trinajstić information content (AvgIpc) is 2.09. The van der Waals surface area contributed by atoms with E-state index in [4.69, 9.17) is 0 Å². The summed E-state index contributed by atoms with van der Waals surface area (Å²) in [4.78, 5) is 0. The van der Waals surface area contributed by atoms with E-state index in [0.717, 1.165) is 5.92 Å². The zero-order valence-electron chi connectivity index (χ0n) is 11.6. The Morgan fingerprint density at radius 3 is 1.93 bits per heavy atom. The molecule has 0 aliphatic heterocycles. The third-order valence-electron chi connectivity index (χ3n) is 2.90. The lowest BCUT2D eigenvalue weighted by molar-refractivity contribution is 0.342. The van der Waals surface area contributed by atoms with Crippen molar-refractivity contribution in [3.63, 3.8) is 0 Å². The van der Waals surface area contributed by atoms with E-state index in [0.29, 0.717) is 17.4 Å². The highest BCUT2D eigenvalue weighted by molar-refractivity contribution is 4.97. The number of hydrogen-bond donors (Lipinski definition) is 1. The first-order valence-corrected chi connectivity index (χ1v) is 6.12. The van der Waals surface area contributed by atoms with Crippen molar-refractivity contribution in [3.05, 3.63) is 12.2 Å². The Kier molecular flexibility index (Phi) is 6.19. The lowest BCUT2D eigenvalue weighted by atomic mass is 9.87. The van der Waals surface area contributed by atoms with E-state index in [1.807, 2.05) is 7.05 Å². The molecule has 1 nitrogen and oxygen atoms in total. The normalized spacial score (nSPS) is 17.3. The van der Waals surface area contributed by atoms with E-state index in [2.05, 4.69) is 59.0 Å². The number of allylic oxidation sites excluding steroid dienone is 1. The molecular formula is C14H29N. The zero-order valence-corrected chi connectivity index (χ0v) is 11.6. The average molecular weight is 211 g/mol. The molecule has 0 aromatic carbocycles. The van der Waals surface area contributed by atoms with Gasteiger partial charge in [0.15, 0.2) is 0 Å². The van der Waals surface area contributed by atoms with Crippen molar-refractivity contribution >= 4 is 0 Å². The summed E-state index contributed by atoms with van der Waals surface area (Å²) in [7, 11) is 2.04. The maximum atomic E-state index is 3.37. The smallest absolute Gasteiger partial charge is 0.0252 e. The van der Waals surface area contributed by atoms with Crippen molar-refractivity contribution < 1.29 is 0 Å². The fraction of sp³-hybridized carbons (Fsp3) is 0.857. The molecule has 0 bridgehead atoms. The molecule has 0 aromatic rings. The lowest BCUT2D eigenvalue weighted by Gasteiger charge is -2.24. The van der Waals surface area contributed by atoms with Crippen LogP contribution in [-0.4, -0.2) is 13.1 Å². The molecule has 0 spiro atoms. The summed E-state index contributed by atoms with van der Waals surface area (Å²) in [5.41, 5.74) is 0.388. The van der Waals surface area contributed by atoms with Crippen LogP contribution in [0.1, 0.15) is 48.0 Å². The summed E-state index contributed by atoms with van der Waals surface area (Å²) < 4.78 is 0. The van der Waals surface area contributed by atoms with Crippen LogP contribution >= 0.6 is 0 Å². The molecule has 15 heavy (non-hydrogen) atoms. The van der Waals surface area contributed by atoms with Gasteiger partial charge in [-0.3, -0.25) is 0 Å². The summed E-state index contributed by atoms with van der Waals surface area (Å²) in [5.74, 6) is 1.40. The van der Waals surface area contributed by atoms with E-state index in [9.17, 15) is 0 Å². The van der Waals surface area contributed by atoms with Crippen molar-refractivity contribution in [2.24, 2.45) is 17.3 Å². The van der Waals surface area contributed by atoms with Crippen LogP contribution < -0.4 is 5.32 Å². The van der Waals surface area contributed by atoms with E-state index < -0.39 is 0 Å². The fourth-order valence-corrected chi connectivity index (χ4v) is 1.46.